The average Bonchev–Trinajstić information content (AvgIpc) is 2.27. The zero-order valence-corrected chi connectivity index (χ0v) is 8.99. The minimum absolute atomic E-state index is 0.0810. The van der Waals surface area contributed by atoms with E-state index >= 15 is 0 Å². The van der Waals surface area contributed by atoms with E-state index in [0.29, 0.717) is 0 Å². The number of rotatable bonds is 3. The van der Waals surface area contributed by atoms with Crippen molar-refractivity contribution in [3.63, 3.8) is 0 Å². The minimum Gasteiger partial charge on any atom is -0.359 e. The standard InChI is InChI=1S/C12H16N2/c1-4-11-5-7-12(8-6-11)14(3)10(2)9-13/h5-8,10H,4H2,1-3H3. The summed E-state index contributed by atoms with van der Waals surface area (Å²) in [6.45, 7) is 4.03. The molecule has 2 nitrogen and oxygen atoms in total. The van der Waals surface area contributed by atoms with Gasteiger partial charge >= 0.3 is 0 Å². The van der Waals surface area contributed by atoms with Gasteiger partial charge in [-0.15, -0.1) is 0 Å². The van der Waals surface area contributed by atoms with Crippen molar-refractivity contribution in [2.75, 3.05) is 11.9 Å². The molecule has 0 spiro atoms. The first kappa shape index (κ1) is 10.6. The summed E-state index contributed by atoms with van der Waals surface area (Å²) in [5, 5.41) is 8.78. The molecule has 0 aliphatic heterocycles. The highest BCUT2D eigenvalue weighted by Crippen LogP contribution is 2.15. The molecule has 0 radical (unpaired) electrons. The Hall–Kier alpha value is -1.49. The number of nitriles is 1. The lowest BCUT2D eigenvalue weighted by Gasteiger charge is -2.21. The molecule has 0 bridgehead atoms. The molecule has 1 aromatic carbocycles. The van der Waals surface area contributed by atoms with Crippen LogP contribution in [0.3, 0.4) is 0 Å². The normalized spacial score (nSPS) is 11.9. The summed E-state index contributed by atoms with van der Waals surface area (Å²) in [7, 11) is 1.94. The topological polar surface area (TPSA) is 27.0 Å². The molecule has 0 amide bonds. The van der Waals surface area contributed by atoms with Crippen LogP contribution in [0.15, 0.2) is 24.3 Å². The minimum atomic E-state index is -0.0810. The predicted octanol–water partition coefficient (Wildman–Crippen LogP) is 2.60. The molecule has 1 rings (SSSR count). The van der Waals surface area contributed by atoms with Crippen molar-refractivity contribution in [3.8, 4) is 6.07 Å². The van der Waals surface area contributed by atoms with Crippen LogP contribution in [-0.4, -0.2) is 13.1 Å². The SMILES string of the molecule is CCc1ccc(N(C)C(C)C#N)cc1. The zero-order chi connectivity index (χ0) is 10.6. The monoisotopic (exact) mass is 188 g/mol. The highest BCUT2D eigenvalue weighted by molar-refractivity contribution is 5.48. The Balaban J connectivity index is 2.82. The summed E-state index contributed by atoms with van der Waals surface area (Å²) in [5.74, 6) is 0. The van der Waals surface area contributed by atoms with Crippen LogP contribution in [0.1, 0.15) is 19.4 Å². The molecule has 0 fully saturated rings. The van der Waals surface area contributed by atoms with E-state index in [4.69, 9.17) is 5.26 Å². The van der Waals surface area contributed by atoms with Crippen LogP contribution in [0.25, 0.3) is 0 Å². The summed E-state index contributed by atoms with van der Waals surface area (Å²) in [4.78, 5) is 1.97. The molecule has 1 atom stereocenters. The van der Waals surface area contributed by atoms with E-state index in [-0.39, 0.29) is 6.04 Å². The van der Waals surface area contributed by atoms with Gasteiger partial charge in [-0.3, -0.25) is 0 Å². The van der Waals surface area contributed by atoms with Crippen molar-refractivity contribution in [1.29, 1.82) is 5.26 Å². The molecule has 0 heterocycles. The van der Waals surface area contributed by atoms with Gasteiger partial charge in [0.1, 0.15) is 6.04 Å². The lowest BCUT2D eigenvalue weighted by Crippen LogP contribution is -2.26. The van der Waals surface area contributed by atoms with E-state index in [9.17, 15) is 0 Å². The maximum atomic E-state index is 8.78. The second-order valence-corrected chi connectivity index (χ2v) is 3.44. The number of hydrogen-bond donors (Lipinski definition) is 0. The Labute approximate surface area is 85.8 Å². The Morgan fingerprint density at radius 3 is 2.36 bits per heavy atom. The molecule has 2 heteroatoms. The van der Waals surface area contributed by atoms with Crippen LogP contribution >= 0.6 is 0 Å². The molecule has 0 aliphatic rings. The average molecular weight is 188 g/mol. The van der Waals surface area contributed by atoms with Gasteiger partial charge in [-0.1, -0.05) is 19.1 Å². The van der Waals surface area contributed by atoms with Crippen molar-refractivity contribution in [2.24, 2.45) is 0 Å². The van der Waals surface area contributed by atoms with E-state index < -0.39 is 0 Å². The molecule has 0 saturated heterocycles. The first-order valence-corrected chi connectivity index (χ1v) is 4.90. The molecule has 1 unspecified atom stereocenters. The first-order chi connectivity index (χ1) is 6.69. The van der Waals surface area contributed by atoms with E-state index in [1.807, 2.05) is 18.9 Å². The molecule has 74 valence electrons. The number of anilines is 1. The van der Waals surface area contributed by atoms with Gasteiger partial charge in [0.2, 0.25) is 0 Å². The third-order valence-electron chi connectivity index (χ3n) is 2.52. The van der Waals surface area contributed by atoms with Crippen LogP contribution in [-0.2, 0) is 6.42 Å². The largest absolute Gasteiger partial charge is 0.359 e. The van der Waals surface area contributed by atoms with Gasteiger partial charge in [-0.2, -0.15) is 5.26 Å². The Kier molecular flexibility index (Phi) is 3.53. The van der Waals surface area contributed by atoms with E-state index in [0.717, 1.165) is 12.1 Å². The molecular weight excluding hydrogens is 172 g/mol. The van der Waals surface area contributed by atoms with Crippen molar-refractivity contribution in [1.82, 2.24) is 0 Å². The highest BCUT2D eigenvalue weighted by Gasteiger charge is 2.07. The second-order valence-electron chi connectivity index (χ2n) is 3.44. The van der Waals surface area contributed by atoms with Crippen molar-refractivity contribution in [3.05, 3.63) is 29.8 Å². The maximum absolute atomic E-state index is 8.78. The fourth-order valence-electron chi connectivity index (χ4n) is 1.28. The fraction of sp³-hybridized carbons (Fsp3) is 0.417. The number of aryl methyl sites for hydroxylation is 1. The Morgan fingerprint density at radius 2 is 1.93 bits per heavy atom. The fourth-order valence-corrected chi connectivity index (χ4v) is 1.28. The van der Waals surface area contributed by atoms with Crippen LogP contribution in [0.5, 0.6) is 0 Å². The summed E-state index contributed by atoms with van der Waals surface area (Å²) in [5.41, 5.74) is 2.42. The molecule has 1 aromatic rings. The lowest BCUT2D eigenvalue weighted by molar-refractivity contribution is 0.835. The Bertz CT molecular complexity index is 321. The third-order valence-corrected chi connectivity index (χ3v) is 2.52. The summed E-state index contributed by atoms with van der Waals surface area (Å²) in [6, 6.07) is 10.5. The number of hydrogen-bond acceptors (Lipinski definition) is 2. The lowest BCUT2D eigenvalue weighted by atomic mass is 10.1. The second kappa shape index (κ2) is 4.66. The zero-order valence-electron chi connectivity index (χ0n) is 8.99. The quantitative estimate of drug-likeness (QED) is 0.729. The van der Waals surface area contributed by atoms with Gasteiger partial charge in [-0.25, -0.2) is 0 Å². The highest BCUT2D eigenvalue weighted by atomic mass is 15.1. The van der Waals surface area contributed by atoms with Gasteiger partial charge in [0, 0.05) is 12.7 Å². The Morgan fingerprint density at radius 1 is 1.36 bits per heavy atom. The molecule has 14 heavy (non-hydrogen) atoms. The number of nitrogens with zero attached hydrogens (tertiary/aromatic N) is 2. The first-order valence-electron chi connectivity index (χ1n) is 4.90. The van der Waals surface area contributed by atoms with Crippen LogP contribution in [0.4, 0.5) is 5.69 Å². The van der Waals surface area contributed by atoms with Gasteiger partial charge in [-0.05, 0) is 31.0 Å². The molecule has 0 aromatic heterocycles. The van der Waals surface area contributed by atoms with Crippen molar-refractivity contribution < 1.29 is 0 Å². The smallest absolute Gasteiger partial charge is 0.113 e. The summed E-state index contributed by atoms with van der Waals surface area (Å²) >= 11 is 0. The van der Waals surface area contributed by atoms with Crippen molar-refractivity contribution >= 4 is 5.69 Å². The molecule has 0 aliphatic carbocycles. The third kappa shape index (κ3) is 2.26. The summed E-state index contributed by atoms with van der Waals surface area (Å²) in [6.07, 6.45) is 1.05. The summed E-state index contributed by atoms with van der Waals surface area (Å²) < 4.78 is 0. The van der Waals surface area contributed by atoms with Crippen LogP contribution in [0.2, 0.25) is 0 Å². The van der Waals surface area contributed by atoms with E-state index in [1.54, 1.807) is 0 Å². The van der Waals surface area contributed by atoms with Gasteiger partial charge < -0.3 is 4.90 Å². The van der Waals surface area contributed by atoms with Crippen LogP contribution < -0.4 is 4.90 Å². The van der Waals surface area contributed by atoms with E-state index in [1.165, 1.54) is 5.56 Å². The van der Waals surface area contributed by atoms with Gasteiger partial charge in [0.25, 0.3) is 0 Å². The van der Waals surface area contributed by atoms with E-state index in [2.05, 4.69) is 37.3 Å². The molecule has 0 N–H and O–H groups in total. The number of benzene rings is 1. The molecule has 0 saturated carbocycles. The van der Waals surface area contributed by atoms with Gasteiger partial charge in [0.05, 0.1) is 6.07 Å². The molecular formula is C12H16N2. The van der Waals surface area contributed by atoms with Gasteiger partial charge in [0.15, 0.2) is 0 Å². The maximum Gasteiger partial charge on any atom is 0.113 e. The predicted molar refractivity (Wildman–Crippen MR) is 59.3 cm³/mol. The van der Waals surface area contributed by atoms with Crippen molar-refractivity contribution in [2.45, 2.75) is 26.3 Å². The van der Waals surface area contributed by atoms with Crippen LogP contribution in [0, 0.1) is 11.3 Å².